The zero-order valence-electron chi connectivity index (χ0n) is 6.62. The van der Waals surface area contributed by atoms with Crippen LogP contribution < -0.4 is 0 Å². The molecule has 0 amide bonds. The Labute approximate surface area is 65.9 Å². The van der Waals surface area contributed by atoms with E-state index in [0.717, 1.165) is 30.1 Å². The molecular formula is C9H12O2. The predicted octanol–water partition coefficient (Wildman–Crippen LogP) is 1.06. The van der Waals surface area contributed by atoms with E-state index < -0.39 is 0 Å². The van der Waals surface area contributed by atoms with Gasteiger partial charge in [0.05, 0.1) is 13.0 Å². The number of hydrogen-bond donors (Lipinski definition) is 0. The zero-order valence-corrected chi connectivity index (χ0v) is 6.62. The minimum absolute atomic E-state index is 0.0460. The van der Waals surface area contributed by atoms with Crippen molar-refractivity contribution < 1.29 is 9.53 Å². The molecule has 0 bridgehead atoms. The molecule has 2 heteroatoms. The lowest BCUT2D eigenvalue weighted by molar-refractivity contribution is -0.146. The summed E-state index contributed by atoms with van der Waals surface area (Å²) in [5.41, 5.74) is 0. The van der Waals surface area contributed by atoms with Crippen LogP contribution in [0.5, 0.6) is 0 Å². The first-order valence-electron chi connectivity index (χ1n) is 4.40. The molecule has 0 aromatic heterocycles. The lowest BCUT2D eigenvalue weighted by Gasteiger charge is -2.26. The van der Waals surface area contributed by atoms with E-state index >= 15 is 0 Å². The summed E-state index contributed by atoms with van der Waals surface area (Å²) in [5.74, 6) is 3.84. The molecule has 3 saturated carbocycles. The number of rotatable bonds is 1. The van der Waals surface area contributed by atoms with Crippen LogP contribution in [0.1, 0.15) is 12.8 Å². The molecule has 0 unspecified atom stereocenters. The van der Waals surface area contributed by atoms with Crippen molar-refractivity contribution in [2.24, 2.45) is 29.6 Å². The molecule has 0 aromatic rings. The summed E-state index contributed by atoms with van der Waals surface area (Å²) in [6.07, 6.45) is 2.53. The first-order chi connectivity index (χ1) is 5.33. The van der Waals surface area contributed by atoms with Gasteiger partial charge in [-0.3, -0.25) is 4.79 Å². The van der Waals surface area contributed by atoms with E-state index in [0.29, 0.717) is 0 Å². The average molecular weight is 152 g/mol. The van der Waals surface area contributed by atoms with Crippen LogP contribution in [0.4, 0.5) is 0 Å². The van der Waals surface area contributed by atoms with E-state index in [2.05, 4.69) is 0 Å². The van der Waals surface area contributed by atoms with E-state index in [1.54, 1.807) is 0 Å². The summed E-state index contributed by atoms with van der Waals surface area (Å²) in [6.45, 7) is 0. The fourth-order valence-electron chi connectivity index (χ4n) is 3.43. The summed E-state index contributed by atoms with van der Waals surface area (Å²) in [7, 11) is 1.50. The predicted molar refractivity (Wildman–Crippen MR) is 38.7 cm³/mol. The van der Waals surface area contributed by atoms with Crippen LogP contribution in [-0.4, -0.2) is 13.1 Å². The van der Waals surface area contributed by atoms with E-state index in [4.69, 9.17) is 4.74 Å². The first kappa shape index (κ1) is 6.04. The van der Waals surface area contributed by atoms with Crippen molar-refractivity contribution in [2.75, 3.05) is 7.11 Å². The summed E-state index contributed by atoms with van der Waals surface area (Å²) in [4.78, 5) is 11.2. The van der Waals surface area contributed by atoms with E-state index in [-0.39, 0.29) is 11.9 Å². The number of methoxy groups -OCH3 is 1. The highest BCUT2D eigenvalue weighted by Gasteiger charge is 2.71. The normalized spacial score (nSPS) is 56.3. The minimum atomic E-state index is 0.0460. The van der Waals surface area contributed by atoms with E-state index in [9.17, 15) is 4.79 Å². The highest BCUT2D eigenvalue weighted by Crippen LogP contribution is 2.75. The molecule has 2 nitrogen and oxygen atoms in total. The molecule has 0 aromatic carbocycles. The Hall–Kier alpha value is -0.530. The lowest BCUT2D eigenvalue weighted by atomic mass is 9.79. The molecule has 3 aliphatic rings. The zero-order chi connectivity index (χ0) is 7.59. The molecule has 60 valence electrons. The van der Waals surface area contributed by atoms with Crippen LogP contribution in [0, 0.1) is 29.6 Å². The van der Waals surface area contributed by atoms with Crippen molar-refractivity contribution in [1.82, 2.24) is 0 Å². The molecule has 0 aliphatic heterocycles. The van der Waals surface area contributed by atoms with Gasteiger partial charge in [-0.05, 0) is 36.5 Å². The second kappa shape index (κ2) is 1.62. The summed E-state index contributed by atoms with van der Waals surface area (Å²) < 4.78 is 4.76. The van der Waals surface area contributed by atoms with Crippen LogP contribution >= 0.6 is 0 Å². The third-order valence-corrected chi connectivity index (χ3v) is 3.94. The molecule has 0 saturated heterocycles. The third kappa shape index (κ3) is 0.534. The van der Waals surface area contributed by atoms with Crippen LogP contribution in [0.15, 0.2) is 0 Å². The van der Waals surface area contributed by atoms with Gasteiger partial charge in [-0.2, -0.15) is 0 Å². The van der Waals surface area contributed by atoms with Crippen molar-refractivity contribution in [3.05, 3.63) is 0 Å². The number of carbonyl (C=O) groups is 1. The van der Waals surface area contributed by atoms with E-state index in [1.165, 1.54) is 13.5 Å². The maximum atomic E-state index is 11.2. The maximum absolute atomic E-state index is 11.2. The molecule has 0 radical (unpaired) electrons. The summed E-state index contributed by atoms with van der Waals surface area (Å²) in [5, 5.41) is 0. The Kier molecular flexibility index (Phi) is 0.890. The molecule has 3 fully saturated rings. The highest BCUT2D eigenvalue weighted by molar-refractivity contribution is 5.74. The highest BCUT2D eigenvalue weighted by atomic mass is 16.5. The van der Waals surface area contributed by atoms with Gasteiger partial charge in [0.15, 0.2) is 0 Å². The monoisotopic (exact) mass is 152 g/mol. The second-order valence-electron chi connectivity index (χ2n) is 4.18. The number of esters is 1. The van der Waals surface area contributed by atoms with Crippen molar-refractivity contribution >= 4 is 5.97 Å². The van der Waals surface area contributed by atoms with Gasteiger partial charge < -0.3 is 4.74 Å². The minimum Gasteiger partial charge on any atom is -0.469 e. The number of carbonyl (C=O) groups excluding carboxylic acids is 1. The van der Waals surface area contributed by atoms with Gasteiger partial charge in [0.1, 0.15) is 0 Å². The van der Waals surface area contributed by atoms with Gasteiger partial charge in [0.2, 0.25) is 0 Å². The van der Waals surface area contributed by atoms with Gasteiger partial charge in [0, 0.05) is 0 Å². The Morgan fingerprint density at radius 3 is 2.64 bits per heavy atom. The first-order valence-corrected chi connectivity index (χ1v) is 4.40. The third-order valence-electron chi connectivity index (χ3n) is 3.94. The van der Waals surface area contributed by atoms with Gasteiger partial charge in [0.25, 0.3) is 0 Å². The van der Waals surface area contributed by atoms with Crippen molar-refractivity contribution in [3.8, 4) is 0 Å². The van der Waals surface area contributed by atoms with E-state index in [1.807, 2.05) is 0 Å². The van der Waals surface area contributed by atoms with Gasteiger partial charge in [-0.1, -0.05) is 0 Å². The number of hydrogen-bond acceptors (Lipinski definition) is 2. The quantitative estimate of drug-likeness (QED) is 0.525. The molecule has 11 heavy (non-hydrogen) atoms. The molecular weight excluding hydrogens is 140 g/mol. The fourth-order valence-corrected chi connectivity index (χ4v) is 3.43. The van der Waals surface area contributed by atoms with Gasteiger partial charge in [-0.25, -0.2) is 0 Å². The molecule has 3 aliphatic carbocycles. The standard InChI is InChI=1S/C9H12O2/c1-11-9(10)6-3-4-2-5-7(4)8(5)6/h4-8H,2-3H2,1H3/t4-,5-,6-,7-,8+/m0/s1. The fraction of sp³-hybridized carbons (Fsp3) is 0.889. The summed E-state index contributed by atoms with van der Waals surface area (Å²) in [6, 6.07) is 0. The van der Waals surface area contributed by atoms with Gasteiger partial charge >= 0.3 is 5.97 Å². The molecule has 0 N–H and O–H groups in total. The average Bonchev–Trinajstić information content (AvgIpc) is 2.47. The van der Waals surface area contributed by atoms with Crippen molar-refractivity contribution in [2.45, 2.75) is 12.8 Å². The Balaban J connectivity index is 1.78. The molecule has 3 rings (SSSR count). The van der Waals surface area contributed by atoms with Crippen LogP contribution in [0.25, 0.3) is 0 Å². The second-order valence-corrected chi connectivity index (χ2v) is 4.18. The Morgan fingerprint density at radius 2 is 2.18 bits per heavy atom. The van der Waals surface area contributed by atoms with Crippen LogP contribution in [0.3, 0.4) is 0 Å². The number of fused-ring (bicyclic) bond motifs is 1. The SMILES string of the molecule is COC(=O)[C@H]1C[C@@H]2C[C@H]3[C@H]2[C@H]31. The molecule has 5 atom stereocenters. The largest absolute Gasteiger partial charge is 0.469 e. The van der Waals surface area contributed by atoms with Gasteiger partial charge in [-0.15, -0.1) is 0 Å². The summed E-state index contributed by atoms with van der Waals surface area (Å²) >= 11 is 0. The molecule has 0 heterocycles. The lowest BCUT2D eigenvalue weighted by Crippen LogP contribution is -2.24. The topological polar surface area (TPSA) is 26.3 Å². The Bertz CT molecular complexity index is 224. The van der Waals surface area contributed by atoms with Crippen LogP contribution in [0.2, 0.25) is 0 Å². The van der Waals surface area contributed by atoms with Crippen molar-refractivity contribution in [1.29, 1.82) is 0 Å². The maximum Gasteiger partial charge on any atom is 0.308 e. The molecule has 0 spiro atoms. The van der Waals surface area contributed by atoms with Crippen LogP contribution in [-0.2, 0) is 9.53 Å². The van der Waals surface area contributed by atoms with Crippen molar-refractivity contribution in [3.63, 3.8) is 0 Å². The number of ether oxygens (including phenoxy) is 1. The smallest absolute Gasteiger partial charge is 0.308 e. The Morgan fingerprint density at radius 1 is 1.36 bits per heavy atom.